The molecular weight excluding hydrogens is 136 g/mol. The van der Waals surface area contributed by atoms with Crippen molar-refractivity contribution in [2.75, 3.05) is 0 Å². The first-order chi connectivity index (χ1) is 4.22. The summed E-state index contributed by atoms with van der Waals surface area (Å²) in [5.41, 5.74) is 0. The summed E-state index contributed by atoms with van der Waals surface area (Å²) >= 11 is 3.83. The highest BCUT2D eigenvalue weighted by molar-refractivity contribution is 7.85. The molecule has 0 amide bonds. The van der Waals surface area contributed by atoms with Gasteiger partial charge in [-0.15, -0.1) is 12.6 Å². The summed E-state index contributed by atoms with van der Waals surface area (Å²) in [5, 5.41) is 8.93. The van der Waals surface area contributed by atoms with Crippen molar-refractivity contribution in [1.29, 1.82) is 0 Å². The van der Waals surface area contributed by atoms with Crippen LogP contribution in [0.15, 0.2) is 10.7 Å². The number of thiol groups is 1. The van der Waals surface area contributed by atoms with Crippen LogP contribution < -0.4 is 0 Å². The smallest absolute Gasteiger partial charge is 0.172 e. The molecule has 50 valence electrons. The first-order valence-electron chi connectivity index (χ1n) is 2.86. The number of hydrogen-bond acceptors (Lipinski definition) is 3. The van der Waals surface area contributed by atoms with Crippen LogP contribution in [0.25, 0.3) is 0 Å². The Morgan fingerprint density at radius 1 is 1.44 bits per heavy atom. The molecule has 0 aromatic rings. The molecule has 1 aliphatic rings. The summed E-state index contributed by atoms with van der Waals surface area (Å²) in [4.78, 5) is 11.0. The van der Waals surface area contributed by atoms with E-state index < -0.39 is 0 Å². The van der Waals surface area contributed by atoms with Gasteiger partial charge in [0.05, 0.1) is 4.91 Å². The van der Waals surface area contributed by atoms with Crippen LogP contribution in [0.1, 0.15) is 19.3 Å². The monoisotopic (exact) mass is 144 g/mol. The van der Waals surface area contributed by atoms with E-state index in [0.29, 0.717) is 12.8 Å². The number of carbonyl (C=O) groups is 1. The van der Waals surface area contributed by atoms with Crippen molar-refractivity contribution < 1.29 is 9.90 Å². The topological polar surface area (TPSA) is 37.3 Å². The van der Waals surface area contributed by atoms with Gasteiger partial charge < -0.3 is 5.11 Å². The van der Waals surface area contributed by atoms with Crippen molar-refractivity contribution >= 4 is 18.4 Å². The number of aliphatic hydroxyl groups is 1. The average molecular weight is 144 g/mol. The van der Waals surface area contributed by atoms with E-state index in [-0.39, 0.29) is 16.4 Å². The van der Waals surface area contributed by atoms with Crippen molar-refractivity contribution in [3.8, 4) is 0 Å². The van der Waals surface area contributed by atoms with E-state index in [0.717, 1.165) is 6.42 Å². The lowest BCUT2D eigenvalue weighted by Gasteiger charge is -2.09. The van der Waals surface area contributed by atoms with E-state index in [9.17, 15) is 4.79 Å². The Bertz CT molecular complexity index is 172. The summed E-state index contributed by atoms with van der Waals surface area (Å²) < 4.78 is 0. The zero-order valence-corrected chi connectivity index (χ0v) is 5.82. The van der Waals surface area contributed by atoms with Gasteiger partial charge in [-0.05, 0) is 6.42 Å². The van der Waals surface area contributed by atoms with E-state index >= 15 is 0 Å². The second-order valence-electron chi connectivity index (χ2n) is 2.07. The number of ketones is 1. The van der Waals surface area contributed by atoms with Gasteiger partial charge in [-0.1, -0.05) is 0 Å². The molecule has 3 heteroatoms. The lowest BCUT2D eigenvalue weighted by Crippen LogP contribution is -2.06. The number of aliphatic hydroxyl groups excluding tert-OH is 1. The predicted octanol–water partition coefficient (Wildman–Crippen LogP) is 1.44. The van der Waals surface area contributed by atoms with Gasteiger partial charge in [-0.2, -0.15) is 0 Å². The van der Waals surface area contributed by atoms with Gasteiger partial charge in [0.2, 0.25) is 0 Å². The molecule has 0 unspecified atom stereocenters. The van der Waals surface area contributed by atoms with E-state index in [1.165, 1.54) is 0 Å². The van der Waals surface area contributed by atoms with E-state index in [1.807, 2.05) is 0 Å². The molecule has 9 heavy (non-hydrogen) atoms. The molecule has 1 N–H and O–H groups in total. The Kier molecular flexibility index (Phi) is 1.81. The van der Waals surface area contributed by atoms with E-state index in [4.69, 9.17) is 5.11 Å². The third-order valence-electron chi connectivity index (χ3n) is 1.35. The van der Waals surface area contributed by atoms with Gasteiger partial charge in [-0.3, -0.25) is 4.79 Å². The Morgan fingerprint density at radius 3 is 2.56 bits per heavy atom. The summed E-state index contributed by atoms with van der Waals surface area (Å²) in [6.07, 6.45) is 1.89. The number of rotatable bonds is 0. The maximum Gasteiger partial charge on any atom is 0.172 e. The number of allylic oxidation sites excluding steroid dienone is 2. The molecule has 2 nitrogen and oxygen atoms in total. The van der Waals surface area contributed by atoms with Crippen LogP contribution in [0, 0.1) is 0 Å². The van der Waals surface area contributed by atoms with Crippen LogP contribution in [0.5, 0.6) is 0 Å². The van der Waals surface area contributed by atoms with Crippen LogP contribution in [-0.4, -0.2) is 10.9 Å². The minimum Gasteiger partial charge on any atom is -0.511 e. The fourth-order valence-electron chi connectivity index (χ4n) is 0.814. The summed E-state index contributed by atoms with van der Waals surface area (Å²) in [7, 11) is 0. The van der Waals surface area contributed by atoms with Crippen LogP contribution in [0.2, 0.25) is 0 Å². The molecule has 0 saturated carbocycles. The third kappa shape index (κ3) is 1.27. The average Bonchev–Trinajstić information content (AvgIpc) is 1.83. The Balaban J connectivity index is 2.84. The van der Waals surface area contributed by atoms with Gasteiger partial charge >= 0.3 is 0 Å². The van der Waals surface area contributed by atoms with Crippen molar-refractivity contribution in [2.45, 2.75) is 19.3 Å². The largest absolute Gasteiger partial charge is 0.511 e. The van der Waals surface area contributed by atoms with Crippen LogP contribution >= 0.6 is 12.6 Å². The Morgan fingerprint density at radius 2 is 2.11 bits per heavy atom. The molecular formula is C6H8O2S. The SMILES string of the molecule is O=C1CCCC(O)=C1S. The van der Waals surface area contributed by atoms with Gasteiger partial charge in [0.1, 0.15) is 5.76 Å². The molecule has 0 bridgehead atoms. The molecule has 1 rings (SSSR count). The predicted molar refractivity (Wildman–Crippen MR) is 37.5 cm³/mol. The zero-order valence-electron chi connectivity index (χ0n) is 4.92. The van der Waals surface area contributed by atoms with Crippen LogP contribution in [0.3, 0.4) is 0 Å². The van der Waals surface area contributed by atoms with E-state index in [1.54, 1.807) is 0 Å². The van der Waals surface area contributed by atoms with E-state index in [2.05, 4.69) is 12.6 Å². The van der Waals surface area contributed by atoms with Crippen molar-refractivity contribution in [1.82, 2.24) is 0 Å². The van der Waals surface area contributed by atoms with Gasteiger partial charge in [0, 0.05) is 12.8 Å². The molecule has 1 aliphatic carbocycles. The summed E-state index contributed by atoms with van der Waals surface area (Å²) in [6, 6.07) is 0. The Labute approximate surface area is 59.0 Å². The lowest BCUT2D eigenvalue weighted by molar-refractivity contribution is -0.115. The van der Waals surface area contributed by atoms with Gasteiger partial charge in [0.15, 0.2) is 5.78 Å². The second kappa shape index (κ2) is 2.43. The molecule has 0 saturated heterocycles. The number of carbonyl (C=O) groups excluding carboxylic acids is 1. The molecule has 0 atom stereocenters. The minimum absolute atomic E-state index is 0.0397. The minimum atomic E-state index is -0.0397. The number of Topliss-reactive ketones (excluding diaryl/α,β-unsaturated/α-hetero) is 1. The standard InChI is InChI=1S/C6H8O2S/c7-4-2-1-3-5(8)6(4)9/h7,9H,1-3H2. The molecule has 0 heterocycles. The molecule has 0 aromatic heterocycles. The maximum atomic E-state index is 10.7. The summed E-state index contributed by atoms with van der Waals surface area (Å²) in [6.45, 7) is 0. The highest BCUT2D eigenvalue weighted by atomic mass is 32.1. The lowest BCUT2D eigenvalue weighted by atomic mass is 10.1. The van der Waals surface area contributed by atoms with Crippen LogP contribution in [-0.2, 0) is 4.79 Å². The quantitative estimate of drug-likeness (QED) is 0.505. The first kappa shape index (κ1) is 6.68. The van der Waals surface area contributed by atoms with Crippen LogP contribution in [0.4, 0.5) is 0 Å². The van der Waals surface area contributed by atoms with Gasteiger partial charge in [-0.25, -0.2) is 0 Å². The molecule has 0 fully saturated rings. The van der Waals surface area contributed by atoms with Crippen molar-refractivity contribution in [3.05, 3.63) is 10.7 Å². The zero-order chi connectivity index (χ0) is 6.85. The highest BCUT2D eigenvalue weighted by Gasteiger charge is 2.15. The number of hydrogen-bond donors (Lipinski definition) is 2. The third-order valence-corrected chi connectivity index (χ3v) is 1.86. The Hall–Kier alpha value is -0.440. The fourth-order valence-corrected chi connectivity index (χ4v) is 1.04. The molecule has 0 aromatic carbocycles. The molecule has 0 spiro atoms. The van der Waals surface area contributed by atoms with Crippen molar-refractivity contribution in [2.24, 2.45) is 0 Å². The molecule has 0 aliphatic heterocycles. The summed E-state index contributed by atoms with van der Waals surface area (Å²) in [5.74, 6) is 0.108. The maximum absolute atomic E-state index is 10.7. The van der Waals surface area contributed by atoms with Crippen molar-refractivity contribution in [3.63, 3.8) is 0 Å². The normalized spacial score (nSPS) is 20.8. The fraction of sp³-hybridized carbons (Fsp3) is 0.500. The highest BCUT2D eigenvalue weighted by Crippen LogP contribution is 2.21. The second-order valence-corrected chi connectivity index (χ2v) is 2.52. The van der Waals surface area contributed by atoms with Gasteiger partial charge in [0.25, 0.3) is 0 Å². The molecule has 0 radical (unpaired) electrons. The first-order valence-corrected chi connectivity index (χ1v) is 3.31.